The van der Waals surface area contributed by atoms with E-state index in [1.165, 1.54) is 12.8 Å². The molecular weight excluding hydrogens is 286 g/mol. The van der Waals surface area contributed by atoms with Gasteiger partial charge in [0.25, 0.3) is 0 Å². The fourth-order valence-electron chi connectivity index (χ4n) is 2.78. The van der Waals surface area contributed by atoms with Crippen LogP contribution >= 0.6 is 11.6 Å². The van der Waals surface area contributed by atoms with Crippen LogP contribution in [-0.4, -0.2) is 24.9 Å². The first-order valence-corrected chi connectivity index (χ1v) is 8.16. The first-order chi connectivity index (χ1) is 10.2. The number of halogens is 1. The highest BCUT2D eigenvalue weighted by Gasteiger charge is 2.23. The van der Waals surface area contributed by atoms with Gasteiger partial charge in [0.1, 0.15) is 5.75 Å². The zero-order chi connectivity index (χ0) is 15.1. The number of alkyl halides is 1. The smallest absolute Gasteiger partial charge is 0.220 e. The molecule has 1 aromatic rings. The predicted octanol–water partition coefficient (Wildman–Crippen LogP) is 3.54. The lowest BCUT2D eigenvalue weighted by molar-refractivity contribution is -0.121. The summed E-state index contributed by atoms with van der Waals surface area (Å²) >= 11 is 6.30. The maximum atomic E-state index is 11.9. The summed E-state index contributed by atoms with van der Waals surface area (Å²) in [4.78, 5) is 11.9. The van der Waals surface area contributed by atoms with E-state index in [1.807, 2.05) is 24.3 Å². The van der Waals surface area contributed by atoms with Gasteiger partial charge >= 0.3 is 0 Å². The van der Waals surface area contributed by atoms with Gasteiger partial charge in [-0.2, -0.15) is 0 Å². The third kappa shape index (κ3) is 5.24. The van der Waals surface area contributed by atoms with Crippen LogP contribution in [0, 0.1) is 5.92 Å². The van der Waals surface area contributed by atoms with Crippen molar-refractivity contribution in [2.45, 2.75) is 43.9 Å². The number of aryl methyl sites for hydroxylation is 1. The van der Waals surface area contributed by atoms with Crippen molar-refractivity contribution < 1.29 is 9.53 Å². The lowest BCUT2D eigenvalue weighted by Gasteiger charge is -2.27. The summed E-state index contributed by atoms with van der Waals surface area (Å²) in [6, 6.07) is 7.85. The number of ether oxygens (including phenoxy) is 1. The van der Waals surface area contributed by atoms with Crippen molar-refractivity contribution in [3.05, 3.63) is 29.8 Å². The van der Waals surface area contributed by atoms with Crippen molar-refractivity contribution in [1.29, 1.82) is 0 Å². The number of rotatable bonds is 6. The minimum absolute atomic E-state index is 0.111. The summed E-state index contributed by atoms with van der Waals surface area (Å²) in [7, 11) is 1.65. The second-order valence-electron chi connectivity index (χ2n) is 5.71. The standard InChI is InChI=1S/C17H24ClNO2/c1-21-15-9-6-13(7-10-15)8-11-17(20)19-12-14-4-2-3-5-16(14)18/h6-7,9-10,14,16H,2-5,8,11-12H2,1H3,(H,19,20). The summed E-state index contributed by atoms with van der Waals surface area (Å²) in [6.45, 7) is 0.718. The van der Waals surface area contributed by atoms with Gasteiger partial charge in [-0.15, -0.1) is 11.6 Å². The number of nitrogens with one attached hydrogen (secondary N) is 1. The van der Waals surface area contributed by atoms with Gasteiger partial charge in [-0.3, -0.25) is 4.79 Å². The summed E-state index contributed by atoms with van der Waals surface area (Å²) < 4.78 is 5.12. The van der Waals surface area contributed by atoms with E-state index in [1.54, 1.807) is 7.11 Å². The van der Waals surface area contributed by atoms with Crippen LogP contribution in [0.5, 0.6) is 5.75 Å². The molecule has 2 rings (SSSR count). The summed E-state index contributed by atoms with van der Waals surface area (Å²) in [5, 5.41) is 3.25. The Morgan fingerprint density at radius 1 is 1.29 bits per heavy atom. The molecule has 0 saturated heterocycles. The van der Waals surface area contributed by atoms with Gasteiger partial charge in [0, 0.05) is 18.3 Å². The maximum Gasteiger partial charge on any atom is 0.220 e. The second-order valence-corrected chi connectivity index (χ2v) is 6.27. The molecule has 3 nitrogen and oxygen atoms in total. The predicted molar refractivity (Wildman–Crippen MR) is 85.9 cm³/mol. The molecule has 1 aliphatic rings. The molecule has 21 heavy (non-hydrogen) atoms. The van der Waals surface area contributed by atoms with Crippen LogP contribution in [0.1, 0.15) is 37.7 Å². The molecule has 0 heterocycles. The van der Waals surface area contributed by atoms with Gasteiger partial charge in [0.2, 0.25) is 5.91 Å². The topological polar surface area (TPSA) is 38.3 Å². The number of hydrogen-bond donors (Lipinski definition) is 1. The summed E-state index contributed by atoms with van der Waals surface area (Å²) in [5.74, 6) is 1.39. The van der Waals surface area contributed by atoms with Crippen LogP contribution in [-0.2, 0) is 11.2 Å². The van der Waals surface area contributed by atoms with Gasteiger partial charge in [0.15, 0.2) is 0 Å². The van der Waals surface area contributed by atoms with Gasteiger partial charge in [-0.05, 0) is 42.9 Å². The molecule has 0 radical (unpaired) electrons. The molecular formula is C17H24ClNO2. The molecule has 1 amide bonds. The lowest BCUT2D eigenvalue weighted by atomic mass is 9.88. The second kappa shape index (κ2) is 8.28. The van der Waals surface area contributed by atoms with Crippen molar-refractivity contribution in [2.24, 2.45) is 5.92 Å². The van der Waals surface area contributed by atoms with Gasteiger partial charge in [-0.25, -0.2) is 0 Å². The number of amides is 1. The monoisotopic (exact) mass is 309 g/mol. The van der Waals surface area contributed by atoms with Crippen LogP contribution in [0.15, 0.2) is 24.3 Å². The summed E-state index contributed by atoms with van der Waals surface area (Å²) in [5.41, 5.74) is 1.15. The molecule has 1 saturated carbocycles. The fourth-order valence-corrected chi connectivity index (χ4v) is 3.15. The van der Waals surface area contributed by atoms with E-state index in [4.69, 9.17) is 16.3 Å². The Morgan fingerprint density at radius 3 is 2.67 bits per heavy atom. The highest BCUT2D eigenvalue weighted by atomic mass is 35.5. The van der Waals surface area contributed by atoms with Crippen LogP contribution in [0.4, 0.5) is 0 Å². The zero-order valence-corrected chi connectivity index (χ0v) is 13.4. The average Bonchev–Trinajstić information content (AvgIpc) is 2.52. The van der Waals surface area contributed by atoms with E-state index < -0.39 is 0 Å². The van der Waals surface area contributed by atoms with Crippen LogP contribution in [0.25, 0.3) is 0 Å². The Labute approximate surface area is 132 Å². The molecule has 1 aromatic carbocycles. The fraction of sp³-hybridized carbons (Fsp3) is 0.588. The Hall–Kier alpha value is -1.22. The number of methoxy groups -OCH3 is 1. The first kappa shape index (κ1) is 16.2. The highest BCUT2D eigenvalue weighted by molar-refractivity contribution is 6.20. The molecule has 1 N–H and O–H groups in total. The van der Waals surface area contributed by atoms with Crippen molar-refractivity contribution >= 4 is 17.5 Å². The molecule has 2 unspecified atom stereocenters. The molecule has 1 fully saturated rings. The van der Waals surface area contributed by atoms with Crippen molar-refractivity contribution in [2.75, 3.05) is 13.7 Å². The van der Waals surface area contributed by atoms with Gasteiger partial charge in [-0.1, -0.05) is 25.0 Å². The van der Waals surface area contributed by atoms with Crippen molar-refractivity contribution in [3.8, 4) is 5.75 Å². The van der Waals surface area contributed by atoms with E-state index in [-0.39, 0.29) is 11.3 Å². The summed E-state index contributed by atoms with van der Waals surface area (Å²) in [6.07, 6.45) is 5.93. The number of carbonyl (C=O) groups excluding carboxylic acids is 1. The molecule has 0 bridgehead atoms. The Bertz CT molecular complexity index is 447. The van der Waals surface area contributed by atoms with Crippen molar-refractivity contribution in [1.82, 2.24) is 5.32 Å². The minimum Gasteiger partial charge on any atom is -0.497 e. The normalized spacial score (nSPS) is 21.8. The first-order valence-electron chi connectivity index (χ1n) is 7.72. The molecule has 0 aliphatic heterocycles. The Balaban J connectivity index is 1.69. The quantitative estimate of drug-likeness (QED) is 0.816. The number of carbonyl (C=O) groups is 1. The van der Waals surface area contributed by atoms with Gasteiger partial charge in [0.05, 0.1) is 7.11 Å². The average molecular weight is 310 g/mol. The van der Waals surface area contributed by atoms with Crippen LogP contribution in [0.2, 0.25) is 0 Å². The maximum absolute atomic E-state index is 11.9. The van der Waals surface area contributed by atoms with Crippen LogP contribution < -0.4 is 10.1 Å². The van der Waals surface area contributed by atoms with Crippen molar-refractivity contribution in [3.63, 3.8) is 0 Å². The molecule has 4 heteroatoms. The van der Waals surface area contributed by atoms with E-state index in [0.717, 1.165) is 37.1 Å². The van der Waals surface area contributed by atoms with Crippen LogP contribution in [0.3, 0.4) is 0 Å². The van der Waals surface area contributed by atoms with E-state index >= 15 is 0 Å². The molecule has 1 aliphatic carbocycles. The minimum atomic E-state index is 0.111. The molecule has 2 atom stereocenters. The van der Waals surface area contributed by atoms with E-state index in [9.17, 15) is 4.79 Å². The van der Waals surface area contributed by atoms with E-state index in [2.05, 4.69) is 5.32 Å². The number of hydrogen-bond acceptors (Lipinski definition) is 2. The Morgan fingerprint density at radius 2 is 2.00 bits per heavy atom. The SMILES string of the molecule is COc1ccc(CCC(=O)NCC2CCCCC2Cl)cc1. The Kier molecular flexibility index (Phi) is 6.37. The largest absolute Gasteiger partial charge is 0.497 e. The molecule has 116 valence electrons. The highest BCUT2D eigenvalue weighted by Crippen LogP contribution is 2.27. The third-order valence-electron chi connectivity index (χ3n) is 4.18. The van der Waals surface area contributed by atoms with E-state index in [0.29, 0.717) is 12.3 Å². The lowest BCUT2D eigenvalue weighted by Crippen LogP contribution is -2.34. The molecule has 0 aromatic heterocycles. The molecule has 0 spiro atoms. The third-order valence-corrected chi connectivity index (χ3v) is 4.75. The van der Waals surface area contributed by atoms with Gasteiger partial charge < -0.3 is 10.1 Å². The zero-order valence-electron chi connectivity index (χ0n) is 12.6. The number of benzene rings is 1.